The van der Waals surface area contributed by atoms with E-state index in [1.807, 2.05) is 6.07 Å². The molecule has 1 amide bonds. The van der Waals surface area contributed by atoms with Crippen LogP contribution in [0.25, 0.3) is 0 Å². The number of aliphatic imine (C=N–C) groups is 1. The highest BCUT2D eigenvalue weighted by atomic mass is 32.2. The highest BCUT2D eigenvalue weighted by molar-refractivity contribution is 7.96. The monoisotopic (exact) mass is 497 g/mol. The quantitative estimate of drug-likeness (QED) is 0.664. The molecule has 184 valence electrons. The van der Waals surface area contributed by atoms with Crippen molar-refractivity contribution in [1.82, 2.24) is 9.97 Å². The van der Waals surface area contributed by atoms with Gasteiger partial charge in [0.25, 0.3) is 5.91 Å². The Hall–Kier alpha value is -3.39. The first kappa shape index (κ1) is 24.7. The maximum atomic E-state index is 15.3. The zero-order valence-corrected chi connectivity index (χ0v) is 20.9. The van der Waals surface area contributed by atoms with Gasteiger partial charge in [-0.05, 0) is 64.3 Å². The molecule has 2 aromatic heterocycles. The lowest BCUT2D eigenvalue weighted by Crippen LogP contribution is -2.59. The van der Waals surface area contributed by atoms with Gasteiger partial charge in [0.05, 0.1) is 20.5 Å². The van der Waals surface area contributed by atoms with E-state index in [2.05, 4.69) is 24.6 Å². The van der Waals surface area contributed by atoms with Gasteiger partial charge in [-0.2, -0.15) is 5.26 Å². The number of rotatable bonds is 3. The molecule has 0 spiro atoms. The van der Waals surface area contributed by atoms with E-state index in [1.54, 1.807) is 33.8 Å². The number of fused-ring (bicyclic) bond motifs is 1. The first-order valence-electron chi connectivity index (χ1n) is 11.4. The fourth-order valence-electron chi connectivity index (χ4n) is 4.73. The second kappa shape index (κ2) is 8.68. The Balaban J connectivity index is 1.78. The zero-order chi connectivity index (χ0) is 25.6. The van der Waals surface area contributed by atoms with Gasteiger partial charge >= 0.3 is 0 Å². The van der Waals surface area contributed by atoms with E-state index in [-0.39, 0.29) is 23.0 Å². The number of hydrogen-bond acceptors (Lipinski definition) is 8. The van der Waals surface area contributed by atoms with Gasteiger partial charge in [0, 0.05) is 12.7 Å². The Kier molecular flexibility index (Phi) is 6.13. The third-order valence-corrected chi connectivity index (χ3v) is 10.6. The summed E-state index contributed by atoms with van der Waals surface area (Å²) in [6, 6.07) is 6.07. The van der Waals surface area contributed by atoms with Crippen molar-refractivity contribution in [2.75, 3.05) is 11.9 Å². The van der Waals surface area contributed by atoms with Crippen molar-refractivity contribution in [3.63, 3.8) is 0 Å². The fraction of sp³-hybridized carbons (Fsp3) is 0.458. The van der Waals surface area contributed by atoms with Crippen molar-refractivity contribution in [3.05, 3.63) is 52.7 Å². The number of aromatic nitrogens is 2. The largest absolute Gasteiger partial charge is 0.386 e. The number of nitrogens with two attached hydrogens (primary N) is 1. The van der Waals surface area contributed by atoms with Gasteiger partial charge in [-0.25, -0.2) is 22.9 Å². The molecular weight excluding hydrogens is 469 g/mol. The number of nitriles is 1. The number of anilines is 1. The number of hydrogen-bond donors (Lipinski definition) is 2. The topological polar surface area (TPSA) is 146 Å². The molecule has 2 aromatic rings. The molecule has 35 heavy (non-hydrogen) atoms. The van der Waals surface area contributed by atoms with Crippen LogP contribution in [0.1, 0.15) is 67.3 Å². The number of nitrogens with zero attached hydrogens (tertiary/aromatic N) is 5. The Labute approximate surface area is 204 Å². The predicted molar refractivity (Wildman–Crippen MR) is 132 cm³/mol. The number of carbonyl (C=O) groups excluding carboxylic acids is 1. The minimum atomic E-state index is -2.92. The standard InChI is InChI=1S/C24H28FN7O2S/c1-14-11-15(12-26)13-28-19(14)21(33)31-18-9-8-16(25)20(30-18)24(4)17-7-5-6-10-29-35(17,34)23(2,3)22(27)32-24/h8-9,11,13,17H,5-7,10H2,1-4H3,(H2,27,32)(H,30,31,33)/t17-,24-,35-/m0/s1. The van der Waals surface area contributed by atoms with Crippen LogP contribution in [0.2, 0.25) is 0 Å². The summed E-state index contributed by atoms with van der Waals surface area (Å²) in [6.07, 6.45) is 3.39. The van der Waals surface area contributed by atoms with Gasteiger partial charge < -0.3 is 11.1 Å². The van der Waals surface area contributed by atoms with Crippen LogP contribution in [0.4, 0.5) is 10.2 Å². The van der Waals surface area contributed by atoms with Crippen LogP contribution < -0.4 is 11.1 Å². The first-order chi connectivity index (χ1) is 16.4. The number of nitrogens with one attached hydrogen (secondary N) is 1. The number of pyridine rings is 2. The molecule has 4 heterocycles. The average molecular weight is 498 g/mol. The second-order valence-corrected chi connectivity index (χ2v) is 12.5. The number of carbonyl (C=O) groups is 1. The molecule has 0 bridgehead atoms. The number of aryl methyl sites for hydroxylation is 1. The minimum absolute atomic E-state index is 0.0481. The van der Waals surface area contributed by atoms with E-state index in [0.29, 0.717) is 24.1 Å². The Morgan fingerprint density at radius 1 is 1.31 bits per heavy atom. The highest BCUT2D eigenvalue weighted by Gasteiger charge is 2.56. The van der Waals surface area contributed by atoms with Gasteiger partial charge in [-0.3, -0.25) is 9.79 Å². The van der Waals surface area contributed by atoms with Crippen molar-refractivity contribution in [2.24, 2.45) is 15.1 Å². The molecular formula is C24H28FN7O2S. The zero-order valence-electron chi connectivity index (χ0n) is 20.1. The molecule has 3 N–H and O–H groups in total. The number of amidine groups is 1. The van der Waals surface area contributed by atoms with E-state index in [0.717, 1.165) is 12.8 Å². The smallest absolute Gasteiger partial charge is 0.275 e. The minimum Gasteiger partial charge on any atom is -0.386 e. The predicted octanol–water partition coefficient (Wildman–Crippen LogP) is 3.43. The van der Waals surface area contributed by atoms with Crippen molar-refractivity contribution in [2.45, 2.75) is 62.5 Å². The molecule has 11 heteroatoms. The van der Waals surface area contributed by atoms with E-state index >= 15 is 4.39 Å². The van der Waals surface area contributed by atoms with Crippen molar-refractivity contribution < 1.29 is 13.4 Å². The fourth-order valence-corrected chi connectivity index (χ4v) is 7.96. The first-order valence-corrected chi connectivity index (χ1v) is 12.9. The normalized spacial score (nSPS) is 27.4. The molecule has 0 radical (unpaired) electrons. The van der Waals surface area contributed by atoms with Crippen LogP contribution in [-0.4, -0.2) is 42.5 Å². The third kappa shape index (κ3) is 3.95. The molecule has 2 aliphatic heterocycles. The molecule has 0 fully saturated rings. The summed E-state index contributed by atoms with van der Waals surface area (Å²) in [7, 11) is -2.92. The molecule has 0 aliphatic carbocycles. The molecule has 3 atom stereocenters. The maximum absolute atomic E-state index is 15.3. The Morgan fingerprint density at radius 2 is 2.06 bits per heavy atom. The average Bonchev–Trinajstić information content (AvgIpc) is 3.02. The van der Waals surface area contributed by atoms with Gasteiger partial charge in [-0.1, -0.05) is 6.42 Å². The van der Waals surface area contributed by atoms with E-state index in [1.165, 1.54) is 18.3 Å². The van der Waals surface area contributed by atoms with Crippen LogP contribution in [-0.2, 0) is 15.3 Å². The summed E-state index contributed by atoms with van der Waals surface area (Å²) in [6.45, 7) is 7.33. The van der Waals surface area contributed by atoms with Crippen LogP contribution in [0.5, 0.6) is 0 Å². The summed E-state index contributed by atoms with van der Waals surface area (Å²) in [4.78, 5) is 26.0. The van der Waals surface area contributed by atoms with Gasteiger partial charge in [0.1, 0.15) is 45.2 Å². The Bertz CT molecular complexity index is 1410. The SMILES string of the molecule is Cc1cc(C#N)cnc1C(=O)Nc1ccc(F)c([C@@]2(C)N=C(N)C(C)(C)[S@]3(=O)=NCCCC[C@@H]23)n1. The molecule has 0 aromatic carbocycles. The van der Waals surface area contributed by atoms with Crippen molar-refractivity contribution >= 4 is 27.3 Å². The van der Waals surface area contributed by atoms with Crippen molar-refractivity contribution in [1.29, 1.82) is 5.26 Å². The summed E-state index contributed by atoms with van der Waals surface area (Å²) in [5.41, 5.74) is 5.90. The van der Waals surface area contributed by atoms with E-state index in [9.17, 15) is 9.00 Å². The lowest BCUT2D eigenvalue weighted by molar-refractivity contribution is 0.102. The molecule has 0 saturated heterocycles. The van der Waals surface area contributed by atoms with E-state index in [4.69, 9.17) is 11.0 Å². The highest BCUT2D eigenvalue weighted by Crippen LogP contribution is 2.46. The van der Waals surface area contributed by atoms with Crippen LogP contribution in [0, 0.1) is 24.1 Å². The third-order valence-electron chi connectivity index (χ3n) is 6.86. The van der Waals surface area contributed by atoms with Crippen LogP contribution in [0.3, 0.4) is 0 Å². The molecule has 2 aliphatic rings. The summed E-state index contributed by atoms with van der Waals surface area (Å²) in [5.74, 6) is -0.961. The van der Waals surface area contributed by atoms with Gasteiger partial charge in [-0.15, -0.1) is 0 Å². The van der Waals surface area contributed by atoms with Gasteiger partial charge in [0.2, 0.25) is 0 Å². The van der Waals surface area contributed by atoms with Crippen LogP contribution in [0.15, 0.2) is 33.8 Å². The molecule has 9 nitrogen and oxygen atoms in total. The molecule has 0 saturated carbocycles. The summed E-state index contributed by atoms with van der Waals surface area (Å²) >= 11 is 0. The number of halogens is 1. The molecule has 4 rings (SSSR count). The summed E-state index contributed by atoms with van der Waals surface area (Å²) < 4.78 is 33.2. The molecule has 0 unspecified atom stereocenters. The van der Waals surface area contributed by atoms with Crippen LogP contribution >= 0.6 is 0 Å². The lowest BCUT2D eigenvalue weighted by Gasteiger charge is -2.45. The maximum Gasteiger partial charge on any atom is 0.275 e. The second-order valence-electron chi connectivity index (χ2n) is 9.54. The Morgan fingerprint density at radius 3 is 2.74 bits per heavy atom. The van der Waals surface area contributed by atoms with E-state index < -0.39 is 37.0 Å². The lowest BCUT2D eigenvalue weighted by atomic mass is 9.88. The van der Waals surface area contributed by atoms with Crippen molar-refractivity contribution in [3.8, 4) is 6.07 Å². The number of amides is 1. The van der Waals surface area contributed by atoms with Gasteiger partial charge in [0.15, 0.2) is 0 Å². The summed E-state index contributed by atoms with van der Waals surface area (Å²) in [5, 5.41) is 11.1.